The van der Waals surface area contributed by atoms with Gasteiger partial charge in [0, 0.05) is 0 Å². The number of hydrogen-bond acceptors (Lipinski definition) is 4. The van der Waals surface area contributed by atoms with Crippen molar-refractivity contribution in [1.29, 1.82) is 0 Å². The van der Waals surface area contributed by atoms with Gasteiger partial charge in [0.15, 0.2) is 5.76 Å². The van der Waals surface area contributed by atoms with Gasteiger partial charge in [-0.3, -0.25) is 4.79 Å². The Labute approximate surface area is 101 Å². The Kier molecular flexibility index (Phi) is 3.03. The zero-order valence-electron chi connectivity index (χ0n) is 7.91. The van der Waals surface area contributed by atoms with Crippen molar-refractivity contribution >= 4 is 35.0 Å². The molecule has 2 rings (SSSR count). The Morgan fingerprint density at radius 3 is 2.69 bits per heavy atom. The zero-order valence-corrected chi connectivity index (χ0v) is 9.42. The highest BCUT2D eigenvalue weighted by atomic mass is 35.5. The number of furan rings is 1. The first-order valence-corrected chi connectivity index (χ1v) is 5.18. The van der Waals surface area contributed by atoms with E-state index >= 15 is 0 Å². The summed E-state index contributed by atoms with van der Waals surface area (Å²) in [6, 6.07) is 3.12. The van der Waals surface area contributed by atoms with Gasteiger partial charge in [0.1, 0.15) is 11.1 Å². The number of Topliss-reactive ketones (excluding diaryl/α,β-unsaturated/α-hetero) is 1. The molecule has 0 fully saturated rings. The van der Waals surface area contributed by atoms with Gasteiger partial charge in [-0.2, -0.15) is 0 Å². The Morgan fingerprint density at radius 2 is 2.19 bits per heavy atom. The third-order valence-corrected chi connectivity index (χ3v) is 2.97. The molecule has 0 radical (unpaired) electrons. The topological polar surface area (TPSA) is 56.5 Å². The van der Waals surface area contributed by atoms with E-state index in [0.29, 0.717) is 0 Å². The maximum Gasteiger partial charge on any atom is 0.351 e. The van der Waals surface area contributed by atoms with Crippen LogP contribution in [0.3, 0.4) is 0 Å². The minimum atomic E-state index is -0.806. The number of hydrogen-bond donors (Lipinski definition) is 0. The van der Waals surface area contributed by atoms with Gasteiger partial charge >= 0.3 is 5.97 Å². The van der Waals surface area contributed by atoms with E-state index in [1.807, 2.05) is 0 Å². The summed E-state index contributed by atoms with van der Waals surface area (Å²) in [6.07, 6.45) is 0.506. The molecule has 6 heteroatoms. The van der Waals surface area contributed by atoms with Gasteiger partial charge in [0.2, 0.25) is 5.78 Å². The molecule has 1 aromatic heterocycles. The Morgan fingerprint density at radius 1 is 1.44 bits per heavy atom. The molecular weight excluding hydrogens is 255 g/mol. The highest BCUT2D eigenvalue weighted by Crippen LogP contribution is 2.31. The maximum absolute atomic E-state index is 11.6. The second kappa shape index (κ2) is 4.31. The quantitative estimate of drug-likeness (QED) is 0.619. The van der Waals surface area contributed by atoms with Crippen molar-refractivity contribution < 1.29 is 18.7 Å². The fraction of sp³-hybridized carbons (Fsp3) is 0.200. The summed E-state index contributed by atoms with van der Waals surface area (Å²) in [6.45, 7) is 0. The molecule has 0 N–H and O–H groups in total. The van der Waals surface area contributed by atoms with Crippen molar-refractivity contribution in [3.8, 4) is 0 Å². The van der Waals surface area contributed by atoms with E-state index in [1.165, 1.54) is 12.3 Å². The molecule has 84 valence electrons. The first kappa shape index (κ1) is 11.2. The van der Waals surface area contributed by atoms with E-state index in [2.05, 4.69) is 0 Å². The van der Waals surface area contributed by atoms with Crippen LogP contribution in [0.15, 0.2) is 32.9 Å². The number of ether oxygens (including phenoxy) is 1. The number of carbonyl (C=O) groups excluding carboxylic acids is 2. The lowest BCUT2D eigenvalue weighted by molar-refractivity contribution is -0.138. The van der Waals surface area contributed by atoms with E-state index in [4.69, 9.17) is 32.4 Å². The highest BCUT2D eigenvalue weighted by Gasteiger charge is 2.34. The number of cyclic esters (lactones) is 1. The van der Waals surface area contributed by atoms with E-state index in [1.54, 1.807) is 6.07 Å². The van der Waals surface area contributed by atoms with Crippen LogP contribution in [0.1, 0.15) is 17.0 Å². The molecule has 16 heavy (non-hydrogen) atoms. The smallest absolute Gasteiger partial charge is 0.351 e. The lowest BCUT2D eigenvalue weighted by Gasteiger charge is -2.07. The third kappa shape index (κ3) is 1.99. The lowest BCUT2D eigenvalue weighted by atomic mass is 10.1. The molecule has 1 aliphatic heterocycles. The highest BCUT2D eigenvalue weighted by molar-refractivity contribution is 6.48. The second-order valence-corrected chi connectivity index (χ2v) is 3.95. The molecule has 1 aromatic rings. The van der Waals surface area contributed by atoms with Crippen molar-refractivity contribution in [2.24, 2.45) is 0 Å². The van der Waals surface area contributed by atoms with Crippen molar-refractivity contribution in [1.82, 2.24) is 0 Å². The predicted octanol–water partition coefficient (Wildman–Crippen LogP) is 2.47. The molecule has 1 aliphatic rings. The largest absolute Gasteiger partial charge is 0.461 e. The van der Waals surface area contributed by atoms with Gasteiger partial charge in [-0.1, -0.05) is 23.2 Å². The minimum Gasteiger partial charge on any atom is -0.461 e. The molecule has 0 bridgehead atoms. The number of rotatable bonds is 3. The lowest BCUT2D eigenvalue weighted by Crippen LogP contribution is -2.15. The average Bonchev–Trinajstić information content (AvgIpc) is 2.85. The summed E-state index contributed by atoms with van der Waals surface area (Å²) in [4.78, 5) is 22.6. The summed E-state index contributed by atoms with van der Waals surface area (Å²) in [5, 5.41) is -0.106. The van der Waals surface area contributed by atoms with E-state index in [0.717, 1.165) is 0 Å². The standard InChI is InChI=1S/C10H6Cl2O4/c11-8-7(16-10(14)9(8)12)4-5(13)6-2-1-3-15-6/h1-3,7H,4H2. The minimum absolute atomic E-state index is 0.0616. The fourth-order valence-corrected chi connectivity index (χ4v) is 1.67. The van der Waals surface area contributed by atoms with Crippen LogP contribution in [0, 0.1) is 0 Å². The van der Waals surface area contributed by atoms with Gasteiger partial charge in [0.05, 0.1) is 17.7 Å². The van der Waals surface area contributed by atoms with Crippen LogP contribution in [-0.2, 0) is 9.53 Å². The van der Waals surface area contributed by atoms with Crippen LogP contribution < -0.4 is 0 Å². The summed E-state index contributed by atoms with van der Waals surface area (Å²) < 4.78 is 9.73. The summed E-state index contributed by atoms with van der Waals surface area (Å²) in [7, 11) is 0. The zero-order chi connectivity index (χ0) is 11.7. The summed E-state index contributed by atoms with van der Waals surface area (Å²) in [5.74, 6) is -0.806. The van der Waals surface area contributed by atoms with E-state index in [9.17, 15) is 9.59 Å². The molecule has 4 nitrogen and oxygen atoms in total. The van der Waals surface area contributed by atoms with Crippen LogP contribution >= 0.6 is 23.2 Å². The summed E-state index contributed by atoms with van der Waals surface area (Å²) >= 11 is 11.3. The molecule has 0 amide bonds. The molecule has 1 unspecified atom stereocenters. The van der Waals surface area contributed by atoms with Crippen LogP contribution in [0.5, 0.6) is 0 Å². The van der Waals surface area contributed by atoms with Crippen molar-refractivity contribution in [2.75, 3.05) is 0 Å². The van der Waals surface area contributed by atoms with Crippen LogP contribution in [-0.4, -0.2) is 17.9 Å². The monoisotopic (exact) mass is 260 g/mol. The van der Waals surface area contributed by atoms with Crippen LogP contribution in [0.2, 0.25) is 0 Å². The molecule has 2 heterocycles. The Hall–Kier alpha value is -1.26. The number of carbonyl (C=O) groups is 2. The molecule has 0 aromatic carbocycles. The number of esters is 1. The predicted molar refractivity (Wildman–Crippen MR) is 56.3 cm³/mol. The fourth-order valence-electron chi connectivity index (χ4n) is 1.31. The molecule has 1 atom stereocenters. The maximum atomic E-state index is 11.6. The average molecular weight is 261 g/mol. The third-order valence-electron chi connectivity index (χ3n) is 2.09. The van der Waals surface area contributed by atoms with Crippen molar-refractivity contribution in [3.63, 3.8) is 0 Å². The van der Waals surface area contributed by atoms with Crippen LogP contribution in [0.25, 0.3) is 0 Å². The molecule has 0 aliphatic carbocycles. The van der Waals surface area contributed by atoms with Gasteiger partial charge in [-0.15, -0.1) is 0 Å². The normalized spacial score (nSPS) is 20.1. The first-order valence-electron chi connectivity index (χ1n) is 4.42. The second-order valence-electron chi connectivity index (χ2n) is 3.16. The van der Waals surface area contributed by atoms with Crippen molar-refractivity contribution in [2.45, 2.75) is 12.5 Å². The first-order chi connectivity index (χ1) is 7.59. The molecule has 0 saturated carbocycles. The number of halogens is 2. The SMILES string of the molecule is O=C1OC(CC(=O)c2ccco2)C(Cl)=C1Cl. The molecular formula is C10H6Cl2O4. The molecule has 0 saturated heterocycles. The van der Waals surface area contributed by atoms with E-state index < -0.39 is 12.1 Å². The molecule has 0 spiro atoms. The van der Waals surface area contributed by atoms with Gasteiger partial charge in [-0.05, 0) is 12.1 Å². The van der Waals surface area contributed by atoms with Crippen LogP contribution in [0.4, 0.5) is 0 Å². The summed E-state index contributed by atoms with van der Waals surface area (Å²) in [5.41, 5.74) is 0. The van der Waals surface area contributed by atoms with Gasteiger partial charge in [-0.25, -0.2) is 4.79 Å². The van der Waals surface area contributed by atoms with Gasteiger partial charge in [0.25, 0.3) is 0 Å². The Balaban J connectivity index is 2.08. The number of ketones is 1. The Bertz CT molecular complexity index is 461. The van der Waals surface area contributed by atoms with Crippen molar-refractivity contribution in [3.05, 3.63) is 34.2 Å². The van der Waals surface area contributed by atoms with E-state index in [-0.39, 0.29) is 28.0 Å². The van der Waals surface area contributed by atoms with Gasteiger partial charge < -0.3 is 9.15 Å².